The van der Waals surface area contributed by atoms with Crippen LogP contribution >= 0.6 is 12.4 Å². The highest BCUT2D eigenvalue weighted by atomic mass is 35.5. The van der Waals surface area contributed by atoms with Gasteiger partial charge >= 0.3 is 0 Å². The molecule has 1 aromatic rings. The molecule has 0 bridgehead atoms. The second-order valence-electron chi connectivity index (χ2n) is 5.25. The number of nitriles is 1. The molecule has 0 saturated heterocycles. The number of aryl methyl sites for hydroxylation is 1. The van der Waals surface area contributed by atoms with Crippen LogP contribution in [-0.4, -0.2) is 32.4 Å². The van der Waals surface area contributed by atoms with Crippen LogP contribution < -0.4 is 5.73 Å². The van der Waals surface area contributed by atoms with Crippen molar-refractivity contribution in [2.75, 3.05) is 13.6 Å². The van der Waals surface area contributed by atoms with Crippen molar-refractivity contribution in [2.24, 2.45) is 11.7 Å². The van der Waals surface area contributed by atoms with Gasteiger partial charge in [-0.25, -0.2) is 8.42 Å². The van der Waals surface area contributed by atoms with Gasteiger partial charge in [-0.15, -0.1) is 12.4 Å². The van der Waals surface area contributed by atoms with Crippen molar-refractivity contribution in [2.45, 2.75) is 30.7 Å². The molecule has 1 unspecified atom stereocenters. The van der Waals surface area contributed by atoms with E-state index in [0.29, 0.717) is 23.6 Å². The van der Waals surface area contributed by atoms with E-state index in [-0.39, 0.29) is 23.3 Å². The van der Waals surface area contributed by atoms with Gasteiger partial charge in [0.25, 0.3) is 0 Å². The Labute approximate surface area is 132 Å². The first-order valence-electron chi connectivity index (χ1n) is 6.60. The molecule has 1 aromatic carbocycles. The smallest absolute Gasteiger partial charge is 0.243 e. The molecular formula is C14H20ClN3O2S. The molecule has 5 nitrogen and oxygen atoms in total. The number of hydrogen-bond acceptors (Lipinski definition) is 4. The maximum absolute atomic E-state index is 12.7. The number of benzene rings is 1. The summed E-state index contributed by atoms with van der Waals surface area (Å²) in [6.07, 6.45) is 2.05. The van der Waals surface area contributed by atoms with Crippen molar-refractivity contribution >= 4 is 22.4 Å². The van der Waals surface area contributed by atoms with E-state index in [1.807, 2.05) is 6.07 Å². The summed E-state index contributed by atoms with van der Waals surface area (Å²) in [5, 5.41) is 8.93. The molecule has 21 heavy (non-hydrogen) atoms. The zero-order chi connectivity index (χ0) is 14.9. The van der Waals surface area contributed by atoms with Crippen molar-refractivity contribution in [1.29, 1.82) is 5.26 Å². The second-order valence-corrected chi connectivity index (χ2v) is 7.22. The van der Waals surface area contributed by atoms with Gasteiger partial charge in [0.2, 0.25) is 10.0 Å². The maximum Gasteiger partial charge on any atom is 0.243 e. The van der Waals surface area contributed by atoms with Gasteiger partial charge in [-0.1, -0.05) is 6.07 Å². The van der Waals surface area contributed by atoms with E-state index in [0.717, 1.165) is 12.8 Å². The molecule has 1 aliphatic rings. The minimum Gasteiger partial charge on any atom is -0.329 e. The Morgan fingerprint density at radius 3 is 2.57 bits per heavy atom. The van der Waals surface area contributed by atoms with Gasteiger partial charge in [0, 0.05) is 19.6 Å². The first kappa shape index (κ1) is 17.9. The number of nitrogens with two attached hydrogens (primary N) is 1. The molecule has 0 spiro atoms. The monoisotopic (exact) mass is 329 g/mol. The molecule has 2 rings (SSSR count). The molecule has 1 fully saturated rings. The predicted molar refractivity (Wildman–Crippen MR) is 83.7 cm³/mol. The van der Waals surface area contributed by atoms with Gasteiger partial charge in [-0.2, -0.15) is 9.57 Å². The highest BCUT2D eigenvalue weighted by Gasteiger charge is 2.38. The topological polar surface area (TPSA) is 87.2 Å². The van der Waals surface area contributed by atoms with Crippen molar-refractivity contribution < 1.29 is 8.42 Å². The van der Waals surface area contributed by atoms with Gasteiger partial charge in [-0.05, 0) is 43.4 Å². The molecule has 0 amide bonds. The summed E-state index contributed by atoms with van der Waals surface area (Å²) in [6, 6.07) is 6.53. The standard InChI is InChI=1S/C14H19N3O2S.ClH/c1-10-3-4-11(8-15)7-14(10)20(18,19)17(2)13(9-16)12-5-6-12;/h3-4,7,12-13H,5-6,9,16H2,1-2H3;1H. The predicted octanol–water partition coefficient (Wildman–Crippen LogP) is 1.65. The Hall–Kier alpha value is -1.13. The number of rotatable bonds is 5. The number of hydrogen-bond donors (Lipinski definition) is 1. The van der Waals surface area contributed by atoms with Gasteiger partial charge in [-0.3, -0.25) is 0 Å². The zero-order valence-corrected chi connectivity index (χ0v) is 13.7. The van der Waals surface area contributed by atoms with Crippen LogP contribution in [0.5, 0.6) is 0 Å². The van der Waals surface area contributed by atoms with Crippen molar-refractivity contribution in [3.8, 4) is 6.07 Å². The van der Waals surface area contributed by atoms with Crippen molar-refractivity contribution in [1.82, 2.24) is 4.31 Å². The van der Waals surface area contributed by atoms with Crippen LogP contribution in [0, 0.1) is 24.2 Å². The third-order valence-electron chi connectivity index (χ3n) is 3.85. The van der Waals surface area contributed by atoms with Gasteiger partial charge in [0.05, 0.1) is 16.5 Å². The Balaban J connectivity index is 0.00000220. The number of likely N-dealkylation sites (N-methyl/N-ethyl adjacent to an activating group) is 1. The molecule has 1 saturated carbocycles. The molecule has 1 atom stereocenters. The molecular weight excluding hydrogens is 310 g/mol. The number of halogens is 1. The van der Waals surface area contributed by atoms with E-state index in [1.54, 1.807) is 26.1 Å². The minimum absolute atomic E-state index is 0. The summed E-state index contributed by atoms with van der Waals surface area (Å²) in [5.41, 5.74) is 6.71. The quantitative estimate of drug-likeness (QED) is 0.889. The van der Waals surface area contributed by atoms with Crippen LogP contribution in [0.25, 0.3) is 0 Å². The molecule has 0 aromatic heterocycles. The lowest BCUT2D eigenvalue weighted by Crippen LogP contribution is -2.43. The van der Waals surface area contributed by atoms with E-state index in [2.05, 4.69) is 0 Å². The first-order chi connectivity index (χ1) is 9.41. The second kappa shape index (κ2) is 6.75. The summed E-state index contributed by atoms with van der Waals surface area (Å²) in [5.74, 6) is 0.360. The average Bonchev–Trinajstić information content (AvgIpc) is 3.24. The average molecular weight is 330 g/mol. The molecule has 0 aliphatic heterocycles. The van der Waals surface area contributed by atoms with Gasteiger partial charge in [0.1, 0.15) is 0 Å². The lowest BCUT2D eigenvalue weighted by atomic mass is 10.2. The third kappa shape index (κ3) is 3.55. The van der Waals surface area contributed by atoms with Crippen LogP contribution in [0.2, 0.25) is 0 Å². The van der Waals surface area contributed by atoms with Crippen molar-refractivity contribution in [3.63, 3.8) is 0 Å². The van der Waals surface area contributed by atoms with E-state index >= 15 is 0 Å². The number of sulfonamides is 1. The Kier molecular flexibility index (Phi) is 5.76. The van der Waals surface area contributed by atoms with Crippen LogP contribution in [0.1, 0.15) is 24.0 Å². The fourth-order valence-corrected chi connectivity index (χ4v) is 4.08. The van der Waals surface area contributed by atoms with Crippen molar-refractivity contribution in [3.05, 3.63) is 29.3 Å². The van der Waals surface area contributed by atoms with E-state index in [1.165, 1.54) is 10.4 Å². The van der Waals surface area contributed by atoms with Crippen LogP contribution in [-0.2, 0) is 10.0 Å². The summed E-state index contributed by atoms with van der Waals surface area (Å²) in [7, 11) is -2.04. The minimum atomic E-state index is -3.62. The van der Waals surface area contributed by atoms with Crippen LogP contribution in [0.15, 0.2) is 23.1 Å². The first-order valence-corrected chi connectivity index (χ1v) is 8.04. The summed E-state index contributed by atoms with van der Waals surface area (Å²) in [4.78, 5) is 0.193. The summed E-state index contributed by atoms with van der Waals surface area (Å²) < 4.78 is 26.8. The fraction of sp³-hybridized carbons (Fsp3) is 0.500. The maximum atomic E-state index is 12.7. The Morgan fingerprint density at radius 1 is 1.48 bits per heavy atom. The van der Waals surface area contributed by atoms with E-state index in [4.69, 9.17) is 11.0 Å². The summed E-state index contributed by atoms with van der Waals surface area (Å²) >= 11 is 0. The number of nitrogens with zero attached hydrogens (tertiary/aromatic N) is 2. The lowest BCUT2D eigenvalue weighted by Gasteiger charge is -2.27. The normalized spacial score (nSPS) is 16.1. The van der Waals surface area contributed by atoms with Gasteiger partial charge in [0.15, 0.2) is 0 Å². The lowest BCUT2D eigenvalue weighted by molar-refractivity contribution is 0.340. The van der Waals surface area contributed by atoms with Gasteiger partial charge < -0.3 is 5.73 Å². The zero-order valence-electron chi connectivity index (χ0n) is 12.1. The fourth-order valence-electron chi connectivity index (χ4n) is 2.40. The molecule has 116 valence electrons. The van der Waals surface area contributed by atoms with Crippen LogP contribution in [0.3, 0.4) is 0 Å². The molecule has 0 radical (unpaired) electrons. The molecule has 7 heteroatoms. The Morgan fingerprint density at radius 2 is 2.10 bits per heavy atom. The molecule has 2 N–H and O–H groups in total. The third-order valence-corrected chi connectivity index (χ3v) is 5.87. The molecule has 0 heterocycles. The highest BCUT2D eigenvalue weighted by molar-refractivity contribution is 7.89. The SMILES string of the molecule is Cc1ccc(C#N)cc1S(=O)(=O)N(C)C(CN)C1CC1.Cl. The summed E-state index contributed by atoms with van der Waals surface area (Å²) in [6.45, 7) is 2.05. The van der Waals surface area contributed by atoms with E-state index in [9.17, 15) is 8.42 Å². The highest BCUT2D eigenvalue weighted by Crippen LogP contribution is 2.36. The van der Waals surface area contributed by atoms with E-state index < -0.39 is 10.0 Å². The van der Waals surface area contributed by atoms with Crippen LogP contribution in [0.4, 0.5) is 0 Å². The Bertz CT molecular complexity index is 651. The largest absolute Gasteiger partial charge is 0.329 e. The molecule has 1 aliphatic carbocycles.